The molecule has 1 aromatic rings. The summed E-state index contributed by atoms with van der Waals surface area (Å²) in [5, 5.41) is 12.6. The van der Waals surface area contributed by atoms with E-state index in [9.17, 15) is 0 Å². The van der Waals surface area contributed by atoms with E-state index in [4.69, 9.17) is 5.11 Å². The molecular formula is C11H18N2O. The SMILES string of the molecule is Cc1cc(CNC2CC(O)C2)c(C)[nH]1. The number of aromatic amines is 1. The summed E-state index contributed by atoms with van der Waals surface area (Å²) >= 11 is 0. The minimum Gasteiger partial charge on any atom is -0.393 e. The Bertz CT molecular complexity index is 313. The summed E-state index contributed by atoms with van der Waals surface area (Å²) in [6, 6.07) is 2.69. The van der Waals surface area contributed by atoms with Crippen LogP contribution in [0.5, 0.6) is 0 Å². The topological polar surface area (TPSA) is 48.0 Å². The number of aromatic nitrogens is 1. The molecule has 0 amide bonds. The van der Waals surface area contributed by atoms with Gasteiger partial charge in [-0.15, -0.1) is 0 Å². The van der Waals surface area contributed by atoms with E-state index >= 15 is 0 Å². The highest BCUT2D eigenvalue weighted by molar-refractivity contribution is 5.24. The number of aliphatic hydroxyl groups excluding tert-OH is 1. The molecule has 3 heteroatoms. The highest BCUT2D eigenvalue weighted by Gasteiger charge is 2.26. The monoisotopic (exact) mass is 194 g/mol. The van der Waals surface area contributed by atoms with E-state index in [0.29, 0.717) is 6.04 Å². The van der Waals surface area contributed by atoms with Crippen molar-refractivity contribution < 1.29 is 5.11 Å². The van der Waals surface area contributed by atoms with E-state index in [-0.39, 0.29) is 6.10 Å². The van der Waals surface area contributed by atoms with Gasteiger partial charge < -0.3 is 15.4 Å². The molecular weight excluding hydrogens is 176 g/mol. The van der Waals surface area contributed by atoms with Crippen LogP contribution >= 0.6 is 0 Å². The van der Waals surface area contributed by atoms with Gasteiger partial charge in [0.25, 0.3) is 0 Å². The zero-order chi connectivity index (χ0) is 10.1. The summed E-state index contributed by atoms with van der Waals surface area (Å²) in [6.45, 7) is 5.08. The zero-order valence-corrected chi connectivity index (χ0v) is 8.80. The van der Waals surface area contributed by atoms with Crippen molar-refractivity contribution in [3.8, 4) is 0 Å². The van der Waals surface area contributed by atoms with E-state index in [0.717, 1.165) is 19.4 Å². The fraction of sp³-hybridized carbons (Fsp3) is 0.636. The van der Waals surface area contributed by atoms with E-state index < -0.39 is 0 Å². The van der Waals surface area contributed by atoms with Crippen LogP contribution in [0.25, 0.3) is 0 Å². The van der Waals surface area contributed by atoms with Gasteiger partial charge in [0, 0.05) is 24.0 Å². The standard InChI is InChI=1S/C11H18N2O/c1-7-3-9(8(2)13-7)6-12-10-4-11(14)5-10/h3,10-14H,4-6H2,1-2H3. The van der Waals surface area contributed by atoms with E-state index in [1.807, 2.05) is 0 Å². The van der Waals surface area contributed by atoms with Crippen molar-refractivity contribution >= 4 is 0 Å². The fourth-order valence-electron chi connectivity index (χ4n) is 1.97. The van der Waals surface area contributed by atoms with Gasteiger partial charge >= 0.3 is 0 Å². The van der Waals surface area contributed by atoms with E-state index in [1.165, 1.54) is 17.0 Å². The van der Waals surface area contributed by atoms with Crippen molar-refractivity contribution in [1.82, 2.24) is 10.3 Å². The summed E-state index contributed by atoms with van der Waals surface area (Å²) in [6.07, 6.45) is 1.74. The van der Waals surface area contributed by atoms with Gasteiger partial charge in [-0.3, -0.25) is 0 Å². The molecule has 1 aliphatic carbocycles. The molecule has 0 unspecified atom stereocenters. The number of aliphatic hydroxyl groups is 1. The molecule has 1 aromatic heterocycles. The summed E-state index contributed by atoms with van der Waals surface area (Å²) in [4.78, 5) is 3.29. The second-order valence-electron chi connectivity index (χ2n) is 4.31. The minimum absolute atomic E-state index is 0.0680. The van der Waals surface area contributed by atoms with Crippen molar-refractivity contribution in [2.45, 2.75) is 45.4 Å². The first-order valence-electron chi connectivity index (χ1n) is 5.21. The Labute approximate surface area is 84.5 Å². The van der Waals surface area contributed by atoms with Crippen molar-refractivity contribution in [3.63, 3.8) is 0 Å². The summed E-state index contributed by atoms with van der Waals surface area (Å²) < 4.78 is 0. The van der Waals surface area contributed by atoms with Gasteiger partial charge in [0.1, 0.15) is 0 Å². The van der Waals surface area contributed by atoms with E-state index in [1.54, 1.807) is 0 Å². The molecule has 1 saturated carbocycles. The van der Waals surface area contributed by atoms with Crippen LogP contribution in [0.15, 0.2) is 6.07 Å². The van der Waals surface area contributed by atoms with Crippen LogP contribution in [0.3, 0.4) is 0 Å². The molecule has 0 bridgehead atoms. The first-order valence-corrected chi connectivity index (χ1v) is 5.21. The van der Waals surface area contributed by atoms with Gasteiger partial charge in [0.05, 0.1) is 6.10 Å². The smallest absolute Gasteiger partial charge is 0.0570 e. The first kappa shape index (κ1) is 9.74. The number of hydrogen-bond donors (Lipinski definition) is 3. The summed E-state index contributed by atoms with van der Waals surface area (Å²) in [5.41, 5.74) is 3.80. The maximum absolute atomic E-state index is 9.13. The van der Waals surface area contributed by atoms with Gasteiger partial charge in [-0.05, 0) is 38.3 Å². The number of H-pyrrole nitrogens is 1. The van der Waals surface area contributed by atoms with Gasteiger partial charge in [-0.1, -0.05) is 0 Å². The highest BCUT2D eigenvalue weighted by atomic mass is 16.3. The third-order valence-corrected chi connectivity index (χ3v) is 2.95. The van der Waals surface area contributed by atoms with Crippen LogP contribution in [0.2, 0.25) is 0 Å². The van der Waals surface area contributed by atoms with E-state index in [2.05, 4.69) is 30.2 Å². The lowest BCUT2D eigenvalue weighted by Gasteiger charge is -2.32. The van der Waals surface area contributed by atoms with Crippen LogP contribution in [-0.4, -0.2) is 22.2 Å². The molecule has 0 atom stereocenters. The lowest BCUT2D eigenvalue weighted by atomic mass is 9.89. The Morgan fingerprint density at radius 3 is 2.71 bits per heavy atom. The van der Waals surface area contributed by atoms with Gasteiger partial charge in [0.15, 0.2) is 0 Å². The van der Waals surface area contributed by atoms with Gasteiger partial charge in [0.2, 0.25) is 0 Å². The predicted octanol–water partition coefficient (Wildman–Crippen LogP) is 1.24. The molecule has 1 heterocycles. The summed E-state index contributed by atoms with van der Waals surface area (Å²) in [5.74, 6) is 0. The minimum atomic E-state index is -0.0680. The maximum Gasteiger partial charge on any atom is 0.0570 e. The van der Waals surface area contributed by atoms with Crippen LogP contribution in [-0.2, 0) is 6.54 Å². The number of aryl methyl sites for hydroxylation is 2. The number of hydrogen-bond acceptors (Lipinski definition) is 2. The molecule has 3 nitrogen and oxygen atoms in total. The van der Waals surface area contributed by atoms with Crippen molar-refractivity contribution in [2.24, 2.45) is 0 Å². The average Bonchev–Trinajstić information content (AvgIpc) is 2.37. The summed E-state index contributed by atoms with van der Waals surface area (Å²) in [7, 11) is 0. The van der Waals surface area contributed by atoms with Gasteiger partial charge in [-0.25, -0.2) is 0 Å². The lowest BCUT2D eigenvalue weighted by molar-refractivity contribution is 0.0619. The Kier molecular flexibility index (Phi) is 2.61. The predicted molar refractivity (Wildman–Crippen MR) is 56.1 cm³/mol. The maximum atomic E-state index is 9.13. The molecule has 0 radical (unpaired) electrons. The number of rotatable bonds is 3. The van der Waals surface area contributed by atoms with Crippen LogP contribution in [0.4, 0.5) is 0 Å². The Morgan fingerprint density at radius 1 is 1.50 bits per heavy atom. The molecule has 0 aliphatic heterocycles. The molecule has 2 rings (SSSR count). The fourth-order valence-corrected chi connectivity index (χ4v) is 1.97. The van der Waals surface area contributed by atoms with Crippen LogP contribution in [0.1, 0.15) is 29.8 Å². The quantitative estimate of drug-likeness (QED) is 0.678. The molecule has 78 valence electrons. The Balaban J connectivity index is 1.83. The van der Waals surface area contributed by atoms with Gasteiger partial charge in [-0.2, -0.15) is 0 Å². The molecule has 3 N–H and O–H groups in total. The average molecular weight is 194 g/mol. The number of nitrogens with one attached hydrogen (secondary N) is 2. The first-order chi connectivity index (χ1) is 6.65. The molecule has 0 saturated heterocycles. The third kappa shape index (κ3) is 1.99. The van der Waals surface area contributed by atoms with Crippen molar-refractivity contribution in [2.75, 3.05) is 0 Å². The highest BCUT2D eigenvalue weighted by Crippen LogP contribution is 2.20. The zero-order valence-electron chi connectivity index (χ0n) is 8.80. The lowest BCUT2D eigenvalue weighted by Crippen LogP contribution is -2.43. The van der Waals surface area contributed by atoms with Crippen molar-refractivity contribution in [1.29, 1.82) is 0 Å². The normalized spacial score (nSPS) is 26.2. The Hall–Kier alpha value is -0.800. The molecule has 1 fully saturated rings. The molecule has 14 heavy (non-hydrogen) atoms. The second-order valence-corrected chi connectivity index (χ2v) is 4.31. The second kappa shape index (κ2) is 3.75. The third-order valence-electron chi connectivity index (χ3n) is 2.95. The Morgan fingerprint density at radius 2 is 2.21 bits per heavy atom. The van der Waals surface area contributed by atoms with Crippen LogP contribution in [0, 0.1) is 13.8 Å². The van der Waals surface area contributed by atoms with Crippen LogP contribution < -0.4 is 5.32 Å². The molecule has 0 spiro atoms. The van der Waals surface area contributed by atoms with Crippen molar-refractivity contribution in [3.05, 3.63) is 23.0 Å². The molecule has 1 aliphatic rings. The largest absolute Gasteiger partial charge is 0.393 e. The molecule has 0 aromatic carbocycles.